The highest BCUT2D eigenvalue weighted by molar-refractivity contribution is 5.74. The van der Waals surface area contributed by atoms with Crippen LogP contribution in [0.5, 0.6) is 0 Å². The number of nitrogens with one attached hydrogen (secondary N) is 1. The highest BCUT2D eigenvalue weighted by Crippen LogP contribution is 2.29. The van der Waals surface area contributed by atoms with Gasteiger partial charge in [-0.3, -0.25) is 0 Å². The molecule has 0 aromatic carbocycles. The van der Waals surface area contributed by atoms with Gasteiger partial charge in [0, 0.05) is 12.2 Å². The number of anilines is 1. The summed E-state index contributed by atoms with van der Waals surface area (Å²) in [4.78, 5) is 16.2. The van der Waals surface area contributed by atoms with E-state index in [-0.39, 0.29) is 6.15 Å². The number of aryl methyl sites for hydroxylation is 1. The van der Waals surface area contributed by atoms with Crippen LogP contribution in [0, 0.1) is 12.8 Å². The largest absolute Gasteiger partial charge is 0.380 e. The Bertz CT molecular complexity index is 629. The summed E-state index contributed by atoms with van der Waals surface area (Å²) in [5.74, 6) is 0.765. The van der Waals surface area contributed by atoms with Crippen LogP contribution in [0.2, 0.25) is 0 Å². The molecule has 2 aromatic heterocycles. The standard InChI is InChI=1S/C15H21N3.CO2/c1-11-6-3-4-7-13(11)17-15-12(2)10-16-18-9-5-8-14(15)18;2-1-3/h5,8-11,13,17H,3-4,6-7H2,1-2H3;. The van der Waals surface area contributed by atoms with E-state index < -0.39 is 0 Å². The van der Waals surface area contributed by atoms with Crippen molar-refractivity contribution in [3.63, 3.8) is 0 Å². The van der Waals surface area contributed by atoms with Crippen LogP contribution in [0.15, 0.2) is 24.5 Å². The summed E-state index contributed by atoms with van der Waals surface area (Å²) < 4.78 is 1.95. The first-order valence-corrected chi connectivity index (χ1v) is 7.36. The second-order valence-corrected chi connectivity index (χ2v) is 5.64. The van der Waals surface area contributed by atoms with Crippen LogP contribution < -0.4 is 5.32 Å². The molecule has 5 nitrogen and oxygen atoms in total. The minimum atomic E-state index is 0.250. The predicted molar refractivity (Wildman–Crippen MR) is 80.0 cm³/mol. The van der Waals surface area contributed by atoms with Gasteiger partial charge in [-0.2, -0.15) is 14.7 Å². The number of aromatic nitrogens is 2. The molecule has 5 heteroatoms. The average molecular weight is 287 g/mol. The molecule has 2 heterocycles. The van der Waals surface area contributed by atoms with E-state index in [9.17, 15) is 0 Å². The monoisotopic (exact) mass is 287 g/mol. The lowest BCUT2D eigenvalue weighted by Crippen LogP contribution is -2.30. The second-order valence-electron chi connectivity index (χ2n) is 5.64. The molecule has 21 heavy (non-hydrogen) atoms. The molecule has 2 unspecified atom stereocenters. The van der Waals surface area contributed by atoms with Gasteiger partial charge in [0.25, 0.3) is 0 Å². The van der Waals surface area contributed by atoms with E-state index in [4.69, 9.17) is 9.59 Å². The van der Waals surface area contributed by atoms with Crippen molar-refractivity contribution >= 4 is 17.4 Å². The van der Waals surface area contributed by atoms with Crippen molar-refractivity contribution in [1.29, 1.82) is 0 Å². The first-order valence-electron chi connectivity index (χ1n) is 7.36. The lowest BCUT2D eigenvalue weighted by atomic mass is 9.85. The molecule has 1 aliphatic carbocycles. The quantitative estimate of drug-likeness (QED) is 0.922. The summed E-state index contributed by atoms with van der Waals surface area (Å²) in [7, 11) is 0. The van der Waals surface area contributed by atoms with E-state index in [1.807, 2.05) is 16.9 Å². The Hall–Kier alpha value is -2.13. The molecule has 1 saturated carbocycles. The van der Waals surface area contributed by atoms with Crippen LogP contribution in [-0.4, -0.2) is 21.8 Å². The van der Waals surface area contributed by atoms with E-state index in [1.54, 1.807) is 0 Å². The molecule has 0 saturated heterocycles. The van der Waals surface area contributed by atoms with Crippen LogP contribution in [0.4, 0.5) is 5.69 Å². The summed E-state index contributed by atoms with van der Waals surface area (Å²) in [5, 5.41) is 8.16. The summed E-state index contributed by atoms with van der Waals surface area (Å²) in [5.41, 5.74) is 3.68. The highest BCUT2D eigenvalue weighted by atomic mass is 16.2. The number of carbonyl (C=O) groups excluding carboxylic acids is 2. The molecule has 1 fully saturated rings. The number of rotatable bonds is 2. The zero-order valence-corrected chi connectivity index (χ0v) is 12.5. The third-order valence-corrected chi connectivity index (χ3v) is 4.20. The fraction of sp³-hybridized carbons (Fsp3) is 0.500. The van der Waals surface area contributed by atoms with Gasteiger partial charge in [-0.15, -0.1) is 0 Å². The van der Waals surface area contributed by atoms with Crippen LogP contribution >= 0.6 is 0 Å². The van der Waals surface area contributed by atoms with Crippen LogP contribution in [-0.2, 0) is 9.59 Å². The Morgan fingerprint density at radius 1 is 1.33 bits per heavy atom. The first kappa shape index (κ1) is 15.3. The van der Waals surface area contributed by atoms with Crippen molar-refractivity contribution in [2.75, 3.05) is 5.32 Å². The van der Waals surface area contributed by atoms with Gasteiger partial charge in [0.2, 0.25) is 0 Å². The van der Waals surface area contributed by atoms with Crippen molar-refractivity contribution in [3.05, 3.63) is 30.1 Å². The molecule has 1 aliphatic rings. The van der Waals surface area contributed by atoms with Crippen LogP contribution in [0.25, 0.3) is 5.52 Å². The Morgan fingerprint density at radius 2 is 2.05 bits per heavy atom. The van der Waals surface area contributed by atoms with Crippen LogP contribution in [0.3, 0.4) is 0 Å². The predicted octanol–water partition coefficient (Wildman–Crippen LogP) is 3.05. The molecular weight excluding hydrogens is 266 g/mol. The molecule has 112 valence electrons. The molecule has 2 atom stereocenters. The summed E-state index contributed by atoms with van der Waals surface area (Å²) in [6.45, 7) is 4.50. The number of hydrogen-bond acceptors (Lipinski definition) is 4. The Balaban J connectivity index is 0.000000497. The lowest BCUT2D eigenvalue weighted by molar-refractivity contribution is -0.191. The van der Waals surface area contributed by atoms with E-state index in [1.165, 1.54) is 42.5 Å². The lowest BCUT2D eigenvalue weighted by Gasteiger charge is -2.31. The van der Waals surface area contributed by atoms with Gasteiger partial charge in [0.05, 0.1) is 17.4 Å². The van der Waals surface area contributed by atoms with Crippen molar-refractivity contribution in [3.8, 4) is 0 Å². The van der Waals surface area contributed by atoms with Gasteiger partial charge in [-0.25, -0.2) is 4.52 Å². The summed E-state index contributed by atoms with van der Waals surface area (Å²) >= 11 is 0. The molecule has 3 rings (SSSR count). The maximum atomic E-state index is 8.12. The normalized spacial score (nSPS) is 21.2. The number of nitrogens with zero attached hydrogens (tertiary/aromatic N) is 2. The van der Waals surface area contributed by atoms with Gasteiger partial charge >= 0.3 is 6.15 Å². The maximum absolute atomic E-state index is 8.12. The van der Waals surface area contributed by atoms with Crippen molar-refractivity contribution < 1.29 is 9.59 Å². The third-order valence-electron chi connectivity index (χ3n) is 4.20. The maximum Gasteiger partial charge on any atom is 0.373 e. The van der Waals surface area contributed by atoms with Gasteiger partial charge in [0.15, 0.2) is 0 Å². The van der Waals surface area contributed by atoms with Gasteiger partial charge in [-0.1, -0.05) is 19.8 Å². The molecule has 0 spiro atoms. The Morgan fingerprint density at radius 3 is 2.76 bits per heavy atom. The van der Waals surface area contributed by atoms with E-state index in [2.05, 4.69) is 36.4 Å². The summed E-state index contributed by atoms with van der Waals surface area (Å²) in [6, 6.07) is 4.80. The second kappa shape index (κ2) is 7.04. The van der Waals surface area contributed by atoms with Crippen molar-refractivity contribution in [2.24, 2.45) is 5.92 Å². The molecule has 0 bridgehead atoms. The van der Waals surface area contributed by atoms with Crippen LogP contribution in [0.1, 0.15) is 38.2 Å². The molecule has 0 radical (unpaired) electrons. The zero-order chi connectivity index (χ0) is 15.2. The summed E-state index contributed by atoms with van der Waals surface area (Å²) in [6.07, 6.45) is 9.57. The molecular formula is C16H21N3O2. The molecule has 2 aromatic rings. The SMILES string of the molecule is Cc1cnn2cccc2c1NC1CCCCC1C.O=C=O. The average Bonchev–Trinajstić information content (AvgIpc) is 2.93. The Labute approximate surface area is 124 Å². The van der Waals surface area contributed by atoms with E-state index >= 15 is 0 Å². The molecule has 1 N–H and O–H groups in total. The number of hydrogen-bond donors (Lipinski definition) is 1. The van der Waals surface area contributed by atoms with E-state index in [0.29, 0.717) is 6.04 Å². The minimum absolute atomic E-state index is 0.250. The molecule has 0 amide bonds. The first-order chi connectivity index (χ1) is 10.2. The number of fused-ring (bicyclic) bond motifs is 1. The minimum Gasteiger partial charge on any atom is -0.380 e. The fourth-order valence-corrected chi connectivity index (χ4v) is 2.99. The third kappa shape index (κ3) is 3.50. The zero-order valence-electron chi connectivity index (χ0n) is 12.5. The van der Waals surface area contributed by atoms with Gasteiger partial charge in [-0.05, 0) is 43.4 Å². The smallest absolute Gasteiger partial charge is 0.373 e. The van der Waals surface area contributed by atoms with Gasteiger partial charge < -0.3 is 5.32 Å². The van der Waals surface area contributed by atoms with Crippen molar-refractivity contribution in [2.45, 2.75) is 45.6 Å². The van der Waals surface area contributed by atoms with Gasteiger partial charge in [0.1, 0.15) is 0 Å². The fourth-order valence-electron chi connectivity index (χ4n) is 2.99. The molecule has 0 aliphatic heterocycles. The van der Waals surface area contributed by atoms with E-state index in [0.717, 1.165) is 5.92 Å². The van der Waals surface area contributed by atoms with Crippen molar-refractivity contribution in [1.82, 2.24) is 9.61 Å². The topological polar surface area (TPSA) is 63.5 Å². The highest BCUT2D eigenvalue weighted by Gasteiger charge is 2.22. The Kier molecular flexibility index (Phi) is 5.12.